The van der Waals surface area contributed by atoms with Gasteiger partial charge in [0, 0.05) is 26.3 Å². The summed E-state index contributed by atoms with van der Waals surface area (Å²) in [6.07, 6.45) is 4.22. The van der Waals surface area contributed by atoms with Crippen molar-refractivity contribution in [1.29, 1.82) is 0 Å². The summed E-state index contributed by atoms with van der Waals surface area (Å²) in [5.41, 5.74) is 1.11. The van der Waals surface area contributed by atoms with Crippen LogP contribution in [0, 0.1) is 0 Å². The SMILES string of the molecule is CCCCN(C)c1ncc(CNC)cc1Cl. The molecule has 1 heterocycles. The minimum absolute atomic E-state index is 0.728. The Morgan fingerprint density at radius 3 is 2.81 bits per heavy atom. The molecule has 90 valence electrons. The molecule has 0 saturated carbocycles. The zero-order valence-corrected chi connectivity index (χ0v) is 11.0. The van der Waals surface area contributed by atoms with Crippen molar-refractivity contribution in [3.63, 3.8) is 0 Å². The first kappa shape index (κ1) is 13.3. The van der Waals surface area contributed by atoms with Gasteiger partial charge in [-0.05, 0) is 25.1 Å². The molecule has 0 amide bonds. The average molecular weight is 242 g/mol. The lowest BCUT2D eigenvalue weighted by molar-refractivity contribution is 0.757. The molecule has 16 heavy (non-hydrogen) atoms. The molecule has 0 unspecified atom stereocenters. The predicted molar refractivity (Wildman–Crippen MR) is 70.2 cm³/mol. The summed E-state index contributed by atoms with van der Waals surface area (Å²) in [4.78, 5) is 6.51. The van der Waals surface area contributed by atoms with E-state index in [-0.39, 0.29) is 0 Å². The zero-order valence-electron chi connectivity index (χ0n) is 10.3. The van der Waals surface area contributed by atoms with E-state index in [1.54, 1.807) is 0 Å². The molecule has 0 aromatic carbocycles. The van der Waals surface area contributed by atoms with Gasteiger partial charge in [0.2, 0.25) is 0 Å². The number of halogens is 1. The van der Waals surface area contributed by atoms with Gasteiger partial charge in [-0.1, -0.05) is 24.9 Å². The van der Waals surface area contributed by atoms with Crippen molar-refractivity contribution < 1.29 is 0 Å². The van der Waals surface area contributed by atoms with Crippen molar-refractivity contribution in [2.75, 3.05) is 25.5 Å². The monoisotopic (exact) mass is 241 g/mol. The fourth-order valence-electron chi connectivity index (χ4n) is 1.55. The van der Waals surface area contributed by atoms with Crippen LogP contribution in [0.2, 0.25) is 5.02 Å². The lowest BCUT2D eigenvalue weighted by Crippen LogP contribution is -2.20. The second-order valence-electron chi connectivity index (χ2n) is 3.95. The average Bonchev–Trinajstić information content (AvgIpc) is 2.26. The molecule has 0 spiro atoms. The van der Waals surface area contributed by atoms with Crippen molar-refractivity contribution >= 4 is 17.4 Å². The summed E-state index contributed by atoms with van der Waals surface area (Å²) in [7, 11) is 3.94. The molecular weight excluding hydrogens is 222 g/mol. The van der Waals surface area contributed by atoms with Crippen LogP contribution in [0.4, 0.5) is 5.82 Å². The standard InChI is InChI=1S/C12H20ClN3/c1-4-5-6-16(3)12-11(13)7-10(8-14-2)9-15-12/h7,9,14H,4-6,8H2,1-3H3. The first-order valence-electron chi connectivity index (χ1n) is 5.69. The maximum absolute atomic E-state index is 6.21. The number of aromatic nitrogens is 1. The molecule has 3 nitrogen and oxygen atoms in total. The zero-order chi connectivity index (χ0) is 12.0. The quantitative estimate of drug-likeness (QED) is 0.830. The van der Waals surface area contributed by atoms with Crippen LogP contribution in [0.3, 0.4) is 0 Å². The molecule has 0 radical (unpaired) electrons. The molecule has 0 fully saturated rings. The smallest absolute Gasteiger partial charge is 0.147 e. The fraction of sp³-hybridized carbons (Fsp3) is 0.583. The maximum Gasteiger partial charge on any atom is 0.147 e. The first-order chi connectivity index (χ1) is 7.69. The number of hydrogen-bond donors (Lipinski definition) is 1. The van der Waals surface area contributed by atoms with Gasteiger partial charge in [0.15, 0.2) is 0 Å². The highest BCUT2D eigenvalue weighted by Gasteiger charge is 2.07. The minimum Gasteiger partial charge on any atom is -0.358 e. The van der Waals surface area contributed by atoms with Crippen LogP contribution >= 0.6 is 11.6 Å². The second-order valence-corrected chi connectivity index (χ2v) is 4.36. The Kier molecular flexibility index (Phi) is 5.56. The Morgan fingerprint density at radius 2 is 2.25 bits per heavy atom. The summed E-state index contributed by atoms with van der Waals surface area (Å²) in [5.74, 6) is 0.870. The highest BCUT2D eigenvalue weighted by atomic mass is 35.5. The van der Waals surface area contributed by atoms with E-state index in [0.29, 0.717) is 0 Å². The van der Waals surface area contributed by atoms with Crippen molar-refractivity contribution in [3.05, 3.63) is 22.8 Å². The van der Waals surface area contributed by atoms with Crippen molar-refractivity contribution in [2.24, 2.45) is 0 Å². The van der Waals surface area contributed by atoms with Gasteiger partial charge in [0.25, 0.3) is 0 Å². The third kappa shape index (κ3) is 3.65. The van der Waals surface area contributed by atoms with Gasteiger partial charge in [-0.15, -0.1) is 0 Å². The molecule has 4 heteroatoms. The van der Waals surface area contributed by atoms with E-state index in [0.717, 1.165) is 35.9 Å². The second kappa shape index (κ2) is 6.71. The summed E-state index contributed by atoms with van der Waals surface area (Å²) in [6.45, 7) is 3.97. The van der Waals surface area contributed by atoms with Gasteiger partial charge in [0.05, 0.1) is 5.02 Å². The number of nitrogens with one attached hydrogen (secondary N) is 1. The lowest BCUT2D eigenvalue weighted by atomic mass is 10.2. The van der Waals surface area contributed by atoms with E-state index >= 15 is 0 Å². The van der Waals surface area contributed by atoms with Crippen LogP contribution in [0.1, 0.15) is 25.3 Å². The molecule has 0 aliphatic carbocycles. The Balaban J connectivity index is 2.73. The van der Waals surface area contributed by atoms with E-state index in [1.807, 2.05) is 26.4 Å². The molecule has 0 aliphatic rings. The van der Waals surface area contributed by atoms with Crippen molar-refractivity contribution in [3.8, 4) is 0 Å². The highest BCUT2D eigenvalue weighted by molar-refractivity contribution is 6.33. The fourth-order valence-corrected chi connectivity index (χ4v) is 1.89. The van der Waals surface area contributed by atoms with Crippen molar-refractivity contribution in [1.82, 2.24) is 10.3 Å². The third-order valence-corrected chi connectivity index (χ3v) is 2.75. The molecule has 1 N–H and O–H groups in total. The largest absolute Gasteiger partial charge is 0.358 e. The molecular formula is C12H20ClN3. The summed E-state index contributed by atoms with van der Waals surface area (Å²) < 4.78 is 0. The maximum atomic E-state index is 6.21. The van der Waals surface area contributed by atoms with Crippen LogP contribution in [-0.4, -0.2) is 25.6 Å². The van der Waals surface area contributed by atoms with Gasteiger partial charge in [-0.2, -0.15) is 0 Å². The Morgan fingerprint density at radius 1 is 1.50 bits per heavy atom. The van der Waals surface area contributed by atoms with Gasteiger partial charge in [0.1, 0.15) is 5.82 Å². The molecule has 0 atom stereocenters. The van der Waals surface area contributed by atoms with E-state index in [1.165, 1.54) is 6.42 Å². The van der Waals surface area contributed by atoms with Crippen LogP contribution in [0.25, 0.3) is 0 Å². The topological polar surface area (TPSA) is 28.2 Å². The minimum atomic E-state index is 0.728. The van der Waals surface area contributed by atoms with E-state index in [4.69, 9.17) is 11.6 Å². The number of hydrogen-bond acceptors (Lipinski definition) is 3. The van der Waals surface area contributed by atoms with E-state index < -0.39 is 0 Å². The van der Waals surface area contributed by atoms with E-state index in [9.17, 15) is 0 Å². The van der Waals surface area contributed by atoms with Gasteiger partial charge in [-0.3, -0.25) is 0 Å². The van der Waals surface area contributed by atoms with Crippen LogP contribution in [-0.2, 0) is 6.54 Å². The molecule has 1 aromatic rings. The van der Waals surface area contributed by atoms with E-state index in [2.05, 4.69) is 22.1 Å². The predicted octanol–water partition coefficient (Wildman–Crippen LogP) is 2.69. The third-order valence-electron chi connectivity index (χ3n) is 2.47. The molecule has 0 bridgehead atoms. The summed E-state index contributed by atoms with van der Waals surface area (Å²) >= 11 is 6.21. The number of unbranched alkanes of at least 4 members (excludes halogenated alkanes) is 1. The summed E-state index contributed by atoms with van der Waals surface area (Å²) in [5, 5.41) is 3.81. The Hall–Kier alpha value is -0.800. The van der Waals surface area contributed by atoms with Crippen LogP contribution in [0.5, 0.6) is 0 Å². The molecule has 0 saturated heterocycles. The number of nitrogens with zero attached hydrogens (tertiary/aromatic N) is 2. The van der Waals surface area contributed by atoms with Gasteiger partial charge >= 0.3 is 0 Å². The number of pyridine rings is 1. The van der Waals surface area contributed by atoms with Crippen LogP contribution < -0.4 is 10.2 Å². The first-order valence-corrected chi connectivity index (χ1v) is 6.07. The van der Waals surface area contributed by atoms with Crippen LogP contribution in [0.15, 0.2) is 12.3 Å². The Labute approximate surface area is 103 Å². The highest BCUT2D eigenvalue weighted by Crippen LogP contribution is 2.23. The molecule has 0 aliphatic heterocycles. The number of anilines is 1. The molecule has 1 aromatic heterocycles. The lowest BCUT2D eigenvalue weighted by Gasteiger charge is -2.19. The summed E-state index contributed by atoms with van der Waals surface area (Å²) in [6, 6.07) is 1.98. The van der Waals surface area contributed by atoms with Crippen molar-refractivity contribution in [2.45, 2.75) is 26.3 Å². The Bertz CT molecular complexity index is 328. The molecule has 1 rings (SSSR count). The number of rotatable bonds is 6. The van der Waals surface area contributed by atoms with Gasteiger partial charge in [-0.25, -0.2) is 4.98 Å². The normalized spacial score (nSPS) is 10.5. The van der Waals surface area contributed by atoms with Gasteiger partial charge < -0.3 is 10.2 Å².